The summed E-state index contributed by atoms with van der Waals surface area (Å²) in [7, 11) is 0. The number of amides is 2. The van der Waals surface area contributed by atoms with Gasteiger partial charge in [0.2, 0.25) is 5.91 Å². The van der Waals surface area contributed by atoms with E-state index in [4.69, 9.17) is 0 Å². The molecule has 2 aromatic rings. The van der Waals surface area contributed by atoms with Gasteiger partial charge in [-0.3, -0.25) is 14.7 Å². The molecule has 6 heteroatoms. The second-order valence-corrected chi connectivity index (χ2v) is 4.64. The largest absolute Gasteiger partial charge is 0.353 e. The summed E-state index contributed by atoms with van der Waals surface area (Å²) in [6.07, 6.45) is 3.53. The Labute approximate surface area is 115 Å². The molecule has 6 nitrogen and oxygen atoms in total. The molecule has 2 N–H and O–H groups in total. The number of benzene rings is 1. The highest BCUT2D eigenvalue weighted by atomic mass is 16.2. The molecule has 0 spiro atoms. The van der Waals surface area contributed by atoms with Crippen LogP contribution >= 0.6 is 0 Å². The molecule has 1 aliphatic heterocycles. The molecule has 0 atom stereocenters. The summed E-state index contributed by atoms with van der Waals surface area (Å²) in [5.74, 6) is -0.224. The number of hydrogen-bond donors (Lipinski definition) is 2. The number of nitrogens with zero attached hydrogens (tertiary/aromatic N) is 2. The van der Waals surface area contributed by atoms with Crippen molar-refractivity contribution in [3.8, 4) is 11.1 Å². The molecule has 0 bridgehead atoms. The van der Waals surface area contributed by atoms with Gasteiger partial charge in [-0.05, 0) is 17.7 Å². The number of carbonyl (C=O) groups is 2. The number of rotatable bonds is 2. The van der Waals surface area contributed by atoms with Crippen LogP contribution in [0.4, 0.5) is 0 Å². The van der Waals surface area contributed by atoms with E-state index < -0.39 is 0 Å². The molecule has 0 unspecified atom stereocenters. The Morgan fingerprint density at radius 1 is 1.20 bits per heavy atom. The van der Waals surface area contributed by atoms with Crippen molar-refractivity contribution >= 4 is 11.8 Å². The highest BCUT2D eigenvalue weighted by Crippen LogP contribution is 2.18. The quantitative estimate of drug-likeness (QED) is 0.841. The maximum atomic E-state index is 12.3. The third-order valence-electron chi connectivity index (χ3n) is 3.29. The van der Waals surface area contributed by atoms with E-state index in [1.165, 1.54) is 0 Å². The number of aromatic nitrogens is 2. The van der Waals surface area contributed by atoms with Crippen molar-refractivity contribution in [2.24, 2.45) is 0 Å². The van der Waals surface area contributed by atoms with E-state index in [0.29, 0.717) is 18.7 Å². The average Bonchev–Trinajstić information content (AvgIpc) is 3.01. The highest BCUT2D eigenvalue weighted by molar-refractivity contribution is 5.97. The maximum Gasteiger partial charge on any atom is 0.254 e. The summed E-state index contributed by atoms with van der Waals surface area (Å²) in [5.41, 5.74) is 2.56. The lowest BCUT2D eigenvalue weighted by Crippen LogP contribution is -2.49. The van der Waals surface area contributed by atoms with Gasteiger partial charge in [0.1, 0.15) is 0 Å². The van der Waals surface area contributed by atoms with Gasteiger partial charge in [0.25, 0.3) is 5.91 Å². The number of hydrogen-bond acceptors (Lipinski definition) is 3. The molecule has 2 amide bonds. The molecular weight excluding hydrogens is 256 g/mol. The zero-order valence-corrected chi connectivity index (χ0v) is 10.8. The van der Waals surface area contributed by atoms with E-state index in [1.807, 2.05) is 12.1 Å². The number of H-pyrrole nitrogens is 1. The molecule has 20 heavy (non-hydrogen) atoms. The Kier molecular flexibility index (Phi) is 3.20. The molecule has 1 aromatic heterocycles. The summed E-state index contributed by atoms with van der Waals surface area (Å²) in [4.78, 5) is 25.1. The van der Waals surface area contributed by atoms with Gasteiger partial charge < -0.3 is 10.2 Å². The molecule has 1 fully saturated rings. The topological polar surface area (TPSA) is 78.1 Å². The summed E-state index contributed by atoms with van der Waals surface area (Å²) in [6.45, 7) is 1.19. The number of piperazine rings is 1. The number of nitrogens with one attached hydrogen (secondary N) is 2. The highest BCUT2D eigenvalue weighted by Gasteiger charge is 2.22. The first-order valence-electron chi connectivity index (χ1n) is 6.39. The minimum atomic E-state index is -0.112. The van der Waals surface area contributed by atoms with E-state index in [-0.39, 0.29) is 18.4 Å². The summed E-state index contributed by atoms with van der Waals surface area (Å²) in [6, 6.07) is 7.30. The van der Waals surface area contributed by atoms with Crippen LogP contribution in [0.3, 0.4) is 0 Å². The average molecular weight is 270 g/mol. The second-order valence-electron chi connectivity index (χ2n) is 4.64. The normalized spacial score (nSPS) is 15.0. The minimum Gasteiger partial charge on any atom is -0.353 e. The molecule has 0 saturated carbocycles. The van der Waals surface area contributed by atoms with Gasteiger partial charge in [-0.1, -0.05) is 12.1 Å². The molecule has 3 rings (SSSR count). The Balaban J connectivity index is 1.77. The maximum absolute atomic E-state index is 12.3. The Bertz CT molecular complexity index is 619. The Hall–Kier alpha value is -2.63. The predicted octanol–water partition coefficient (Wildman–Crippen LogP) is 0.649. The lowest BCUT2D eigenvalue weighted by Gasteiger charge is -2.26. The van der Waals surface area contributed by atoms with E-state index in [2.05, 4.69) is 15.5 Å². The van der Waals surface area contributed by atoms with Crippen molar-refractivity contribution in [1.82, 2.24) is 20.4 Å². The van der Waals surface area contributed by atoms with Crippen LogP contribution in [0.2, 0.25) is 0 Å². The van der Waals surface area contributed by atoms with Gasteiger partial charge in [-0.15, -0.1) is 0 Å². The molecule has 102 valence electrons. The fourth-order valence-electron chi connectivity index (χ4n) is 2.21. The van der Waals surface area contributed by atoms with Gasteiger partial charge in [0.05, 0.1) is 12.7 Å². The zero-order chi connectivity index (χ0) is 13.9. The molecule has 0 aliphatic carbocycles. The smallest absolute Gasteiger partial charge is 0.254 e. The van der Waals surface area contributed by atoms with Crippen molar-refractivity contribution < 1.29 is 9.59 Å². The van der Waals surface area contributed by atoms with Gasteiger partial charge in [0, 0.05) is 30.4 Å². The zero-order valence-electron chi connectivity index (χ0n) is 10.8. The lowest BCUT2D eigenvalue weighted by atomic mass is 10.1. The fourth-order valence-corrected chi connectivity index (χ4v) is 2.21. The van der Waals surface area contributed by atoms with Crippen molar-refractivity contribution in [2.45, 2.75) is 0 Å². The van der Waals surface area contributed by atoms with Gasteiger partial charge in [-0.2, -0.15) is 5.10 Å². The van der Waals surface area contributed by atoms with Crippen LogP contribution in [0.25, 0.3) is 11.1 Å². The molecular formula is C14H14N4O2. The van der Waals surface area contributed by atoms with Crippen LogP contribution in [0.1, 0.15) is 10.4 Å². The fraction of sp³-hybridized carbons (Fsp3) is 0.214. The van der Waals surface area contributed by atoms with E-state index in [9.17, 15) is 9.59 Å². The van der Waals surface area contributed by atoms with Gasteiger partial charge >= 0.3 is 0 Å². The van der Waals surface area contributed by atoms with Crippen LogP contribution < -0.4 is 5.32 Å². The van der Waals surface area contributed by atoms with Crippen LogP contribution in [0, 0.1) is 0 Å². The van der Waals surface area contributed by atoms with E-state index >= 15 is 0 Å². The van der Waals surface area contributed by atoms with Gasteiger partial charge in [0.15, 0.2) is 0 Å². The summed E-state index contributed by atoms with van der Waals surface area (Å²) in [5, 5.41) is 9.35. The first kappa shape index (κ1) is 12.4. The summed E-state index contributed by atoms with van der Waals surface area (Å²) < 4.78 is 0. The van der Waals surface area contributed by atoms with Crippen molar-refractivity contribution in [1.29, 1.82) is 0 Å². The number of aromatic amines is 1. The predicted molar refractivity (Wildman–Crippen MR) is 72.9 cm³/mol. The van der Waals surface area contributed by atoms with Crippen LogP contribution in [0.15, 0.2) is 36.7 Å². The SMILES string of the molecule is O=C1CN(C(=O)c2ccc(-c3cn[nH]c3)cc2)CCN1. The van der Waals surface area contributed by atoms with Crippen molar-refractivity contribution in [3.05, 3.63) is 42.2 Å². The number of carbonyl (C=O) groups excluding carboxylic acids is 2. The molecule has 1 aliphatic rings. The first-order chi connectivity index (χ1) is 9.74. The molecule has 1 aromatic carbocycles. The Morgan fingerprint density at radius 3 is 2.65 bits per heavy atom. The lowest BCUT2D eigenvalue weighted by molar-refractivity contribution is -0.123. The molecule has 0 radical (unpaired) electrons. The van der Waals surface area contributed by atoms with Crippen LogP contribution in [-0.2, 0) is 4.79 Å². The van der Waals surface area contributed by atoms with Gasteiger partial charge in [-0.25, -0.2) is 0 Å². The first-order valence-corrected chi connectivity index (χ1v) is 6.39. The Morgan fingerprint density at radius 2 is 2.00 bits per heavy atom. The second kappa shape index (κ2) is 5.16. The third-order valence-corrected chi connectivity index (χ3v) is 3.29. The van der Waals surface area contributed by atoms with E-state index in [0.717, 1.165) is 11.1 Å². The standard InChI is InChI=1S/C14H14N4O2/c19-13-9-18(6-5-15-13)14(20)11-3-1-10(2-4-11)12-7-16-17-8-12/h1-4,7-8H,5-6,9H2,(H,15,19)(H,16,17). The van der Waals surface area contributed by atoms with Crippen molar-refractivity contribution in [3.63, 3.8) is 0 Å². The van der Waals surface area contributed by atoms with Crippen molar-refractivity contribution in [2.75, 3.05) is 19.6 Å². The minimum absolute atomic E-state index is 0.111. The monoisotopic (exact) mass is 270 g/mol. The molecule has 2 heterocycles. The van der Waals surface area contributed by atoms with Crippen LogP contribution in [-0.4, -0.2) is 46.5 Å². The summed E-state index contributed by atoms with van der Waals surface area (Å²) >= 11 is 0. The third kappa shape index (κ3) is 2.40. The van der Waals surface area contributed by atoms with E-state index in [1.54, 1.807) is 29.4 Å². The van der Waals surface area contributed by atoms with Crippen LogP contribution in [0.5, 0.6) is 0 Å². The molecule has 1 saturated heterocycles.